The van der Waals surface area contributed by atoms with Crippen LogP contribution in [0.25, 0.3) is 0 Å². The lowest BCUT2D eigenvalue weighted by Gasteiger charge is -2.42. The molecule has 1 fully saturated rings. The smallest absolute Gasteiger partial charge is 0.394 e. The zero-order valence-corrected chi connectivity index (χ0v) is 22.6. The van der Waals surface area contributed by atoms with Gasteiger partial charge in [-0.25, -0.2) is 0 Å². The standard InChI is InChI=1S/C22H44O14Si/c1-4-32-37(33-5-2,34-6-3)10-8-7-9-13(25)16(27)19(30)21(14(26)11-23)36-22-20(31)18(29)17(28)15(12-24)35-22/h14-24,26-31H,4-12H2,1-3H3. The highest BCUT2D eigenvalue weighted by Gasteiger charge is 2.47. The van der Waals surface area contributed by atoms with E-state index in [9.17, 15) is 45.6 Å². The minimum atomic E-state index is -2.90. The molecule has 0 radical (unpaired) electrons. The third kappa shape index (κ3) is 9.81. The van der Waals surface area contributed by atoms with Crippen LogP contribution in [-0.4, -0.2) is 144 Å². The zero-order valence-electron chi connectivity index (χ0n) is 21.6. The van der Waals surface area contributed by atoms with Crippen LogP contribution in [0.3, 0.4) is 0 Å². The second-order valence-corrected chi connectivity index (χ2v) is 11.4. The number of ketones is 1. The molecule has 0 aromatic carbocycles. The predicted octanol–water partition coefficient (Wildman–Crippen LogP) is -2.97. The molecular weight excluding hydrogens is 516 g/mol. The molecule has 37 heavy (non-hydrogen) atoms. The van der Waals surface area contributed by atoms with Crippen LogP contribution in [0.15, 0.2) is 0 Å². The van der Waals surface area contributed by atoms with Crippen molar-refractivity contribution in [3.05, 3.63) is 0 Å². The maximum atomic E-state index is 12.6. The summed E-state index contributed by atoms with van der Waals surface area (Å²) in [4.78, 5) is 12.6. The summed E-state index contributed by atoms with van der Waals surface area (Å²) in [5.74, 6) is -0.767. The van der Waals surface area contributed by atoms with E-state index in [1.807, 2.05) is 20.8 Å². The van der Waals surface area contributed by atoms with Gasteiger partial charge in [0.05, 0.1) is 13.2 Å². The van der Waals surface area contributed by atoms with E-state index in [2.05, 4.69) is 0 Å². The van der Waals surface area contributed by atoms with Crippen molar-refractivity contribution in [3.8, 4) is 0 Å². The zero-order chi connectivity index (χ0) is 28.2. The highest BCUT2D eigenvalue weighted by atomic mass is 28.4. The molecule has 1 rings (SSSR count). The molecule has 0 bridgehead atoms. The Hall–Kier alpha value is -0.633. The Bertz CT molecular complexity index is 623. The van der Waals surface area contributed by atoms with Gasteiger partial charge in [-0.1, -0.05) is 0 Å². The molecule has 0 saturated carbocycles. The number of hydrogen-bond acceptors (Lipinski definition) is 14. The lowest BCUT2D eigenvalue weighted by atomic mass is 9.96. The number of ether oxygens (including phenoxy) is 2. The van der Waals surface area contributed by atoms with Crippen LogP contribution in [-0.2, 0) is 27.5 Å². The van der Waals surface area contributed by atoms with E-state index in [1.54, 1.807) is 0 Å². The molecule has 0 aromatic rings. The maximum Gasteiger partial charge on any atom is 0.500 e. The number of carbonyl (C=O) groups excluding carboxylic acids is 1. The number of rotatable bonds is 19. The molecule has 1 saturated heterocycles. The molecule has 1 aliphatic rings. The van der Waals surface area contributed by atoms with E-state index in [0.717, 1.165) is 0 Å². The largest absolute Gasteiger partial charge is 0.500 e. The first kappa shape index (κ1) is 34.4. The van der Waals surface area contributed by atoms with Crippen LogP contribution < -0.4 is 0 Å². The van der Waals surface area contributed by atoms with Gasteiger partial charge in [0.25, 0.3) is 0 Å². The summed E-state index contributed by atoms with van der Waals surface area (Å²) in [5.41, 5.74) is 0. The molecule has 9 unspecified atom stereocenters. The lowest BCUT2D eigenvalue weighted by Crippen LogP contribution is -2.61. The van der Waals surface area contributed by atoms with Crippen LogP contribution in [0.4, 0.5) is 0 Å². The van der Waals surface area contributed by atoms with Gasteiger partial charge in [0.1, 0.15) is 48.8 Å². The van der Waals surface area contributed by atoms with Gasteiger partial charge in [0.15, 0.2) is 12.1 Å². The van der Waals surface area contributed by atoms with E-state index in [-0.39, 0.29) is 6.42 Å². The highest BCUT2D eigenvalue weighted by molar-refractivity contribution is 6.60. The molecule has 15 heteroatoms. The Kier molecular flexibility index (Phi) is 15.9. The van der Waals surface area contributed by atoms with Crippen molar-refractivity contribution in [2.75, 3.05) is 33.0 Å². The van der Waals surface area contributed by atoms with Gasteiger partial charge in [-0.15, -0.1) is 0 Å². The van der Waals surface area contributed by atoms with E-state index >= 15 is 0 Å². The Morgan fingerprint density at radius 1 is 0.892 bits per heavy atom. The number of hydrogen-bond donors (Lipinski definition) is 8. The molecule has 220 valence electrons. The highest BCUT2D eigenvalue weighted by Crippen LogP contribution is 2.26. The molecule has 0 spiro atoms. The van der Waals surface area contributed by atoms with Crippen molar-refractivity contribution in [1.29, 1.82) is 0 Å². The van der Waals surface area contributed by atoms with Gasteiger partial charge >= 0.3 is 8.80 Å². The molecule has 0 amide bonds. The number of aliphatic hydroxyl groups excluding tert-OH is 8. The second kappa shape index (κ2) is 17.1. The fourth-order valence-corrected chi connectivity index (χ4v) is 6.68. The summed E-state index contributed by atoms with van der Waals surface area (Å²) in [6, 6.07) is 0.445. The van der Waals surface area contributed by atoms with Crippen LogP contribution in [0.5, 0.6) is 0 Å². The van der Waals surface area contributed by atoms with Gasteiger partial charge in [-0.3, -0.25) is 4.79 Å². The summed E-state index contributed by atoms with van der Waals surface area (Å²) in [6.45, 7) is 4.98. The summed E-state index contributed by atoms with van der Waals surface area (Å²) >= 11 is 0. The van der Waals surface area contributed by atoms with Crippen LogP contribution in [0.2, 0.25) is 6.04 Å². The third-order valence-corrected chi connectivity index (χ3v) is 9.10. The average Bonchev–Trinajstić information content (AvgIpc) is 2.88. The minimum Gasteiger partial charge on any atom is -0.394 e. The normalized spacial score (nSPS) is 28.0. The quantitative estimate of drug-likeness (QED) is 0.0583. The minimum absolute atomic E-state index is 0.144. The van der Waals surface area contributed by atoms with Gasteiger partial charge in [-0.2, -0.15) is 0 Å². The van der Waals surface area contributed by atoms with Crippen molar-refractivity contribution < 1.29 is 68.4 Å². The van der Waals surface area contributed by atoms with Crippen LogP contribution in [0.1, 0.15) is 40.0 Å². The summed E-state index contributed by atoms with van der Waals surface area (Å²) in [6.07, 6.45) is -15.5. The first-order valence-electron chi connectivity index (χ1n) is 12.6. The molecule has 8 N–H and O–H groups in total. The summed E-state index contributed by atoms with van der Waals surface area (Å²) < 4.78 is 27.8. The van der Waals surface area contributed by atoms with E-state index < -0.39 is 82.9 Å². The fraction of sp³-hybridized carbons (Fsp3) is 0.955. The number of unbranched alkanes of at least 4 members (excludes halogenated alkanes) is 1. The number of aliphatic hydroxyl groups is 8. The number of Topliss-reactive ketones (excluding diaryl/α,β-unsaturated/α-hetero) is 1. The van der Waals surface area contributed by atoms with Gasteiger partial charge in [0, 0.05) is 32.3 Å². The maximum absolute atomic E-state index is 12.6. The Morgan fingerprint density at radius 2 is 1.46 bits per heavy atom. The van der Waals surface area contributed by atoms with Crippen molar-refractivity contribution in [2.24, 2.45) is 0 Å². The van der Waals surface area contributed by atoms with Gasteiger partial charge in [-0.05, 0) is 33.6 Å². The predicted molar refractivity (Wildman–Crippen MR) is 128 cm³/mol. The molecule has 0 aromatic heterocycles. The molecular formula is C22H44O14Si. The molecule has 0 aliphatic carbocycles. The van der Waals surface area contributed by atoms with Crippen molar-refractivity contribution in [2.45, 2.75) is 101 Å². The second-order valence-electron chi connectivity index (χ2n) is 8.64. The monoisotopic (exact) mass is 560 g/mol. The Labute approximate surface area is 217 Å². The van der Waals surface area contributed by atoms with Gasteiger partial charge in [0.2, 0.25) is 0 Å². The molecule has 1 heterocycles. The van der Waals surface area contributed by atoms with Crippen LogP contribution in [0, 0.1) is 0 Å². The fourth-order valence-electron chi connectivity index (χ4n) is 4.00. The Morgan fingerprint density at radius 3 is 1.95 bits per heavy atom. The first-order chi connectivity index (χ1) is 17.5. The van der Waals surface area contributed by atoms with E-state index in [1.165, 1.54) is 0 Å². The lowest BCUT2D eigenvalue weighted by molar-refractivity contribution is -0.326. The topological polar surface area (TPSA) is 225 Å². The van der Waals surface area contributed by atoms with Crippen molar-refractivity contribution >= 4 is 14.6 Å². The van der Waals surface area contributed by atoms with E-state index in [4.69, 9.17) is 22.8 Å². The average molecular weight is 561 g/mol. The SMILES string of the molecule is CCO[Si](CCCCC(=O)C(O)C(O)C(OC1OC(CO)C(O)C(O)C1O)C(O)CO)(OCC)OCC. The van der Waals surface area contributed by atoms with Gasteiger partial charge < -0.3 is 63.6 Å². The Balaban J connectivity index is 2.79. The first-order valence-corrected chi connectivity index (χ1v) is 14.5. The third-order valence-electron chi connectivity index (χ3n) is 5.94. The molecule has 14 nitrogen and oxygen atoms in total. The summed E-state index contributed by atoms with van der Waals surface area (Å²) in [7, 11) is -2.90. The van der Waals surface area contributed by atoms with Crippen molar-refractivity contribution in [1.82, 2.24) is 0 Å². The van der Waals surface area contributed by atoms with E-state index in [0.29, 0.717) is 38.7 Å². The van der Waals surface area contributed by atoms with Crippen molar-refractivity contribution in [3.63, 3.8) is 0 Å². The summed E-state index contributed by atoms with van der Waals surface area (Å²) in [5, 5.41) is 79.8. The molecule has 1 aliphatic heterocycles. The molecule has 9 atom stereocenters. The number of carbonyl (C=O) groups is 1. The van der Waals surface area contributed by atoms with Crippen LogP contribution >= 0.6 is 0 Å².